The van der Waals surface area contributed by atoms with Crippen LogP contribution in [0.15, 0.2) is 35.5 Å². The van der Waals surface area contributed by atoms with Gasteiger partial charge in [0.15, 0.2) is 5.82 Å². The second kappa shape index (κ2) is 4.93. The molecule has 0 amide bonds. The van der Waals surface area contributed by atoms with Gasteiger partial charge in [-0.25, -0.2) is 9.97 Å². The first-order valence-corrected chi connectivity index (χ1v) is 7.59. The first kappa shape index (κ1) is 14.7. The molecule has 5 nitrogen and oxygen atoms in total. The summed E-state index contributed by atoms with van der Waals surface area (Å²) < 4.78 is 14.8. The Labute approximate surface area is 133 Å². The van der Waals surface area contributed by atoms with Gasteiger partial charge in [-0.3, -0.25) is 4.57 Å². The van der Waals surface area contributed by atoms with Gasteiger partial charge in [-0.15, -0.1) is 0 Å². The third-order valence-corrected chi connectivity index (χ3v) is 4.70. The van der Waals surface area contributed by atoms with Gasteiger partial charge >= 0.3 is 7.12 Å². The van der Waals surface area contributed by atoms with Crippen molar-refractivity contribution in [2.45, 2.75) is 38.9 Å². The summed E-state index contributed by atoms with van der Waals surface area (Å²) in [6, 6.07) is 1.98. The molecule has 1 saturated heterocycles. The molecule has 3 heterocycles. The minimum atomic E-state index is -0.407. The summed E-state index contributed by atoms with van der Waals surface area (Å²) in [7, 11) is -0.407. The minimum Gasteiger partial charge on any atom is -0.399 e. The van der Waals surface area contributed by atoms with Gasteiger partial charge in [-0.2, -0.15) is 0 Å². The van der Waals surface area contributed by atoms with Crippen molar-refractivity contribution in [3.05, 3.63) is 35.5 Å². The zero-order valence-electron chi connectivity index (χ0n) is 12.5. The van der Waals surface area contributed by atoms with E-state index in [0.717, 1.165) is 15.8 Å². The molecule has 7 heteroatoms. The number of halogens is 1. The molecule has 0 unspecified atom stereocenters. The summed E-state index contributed by atoms with van der Waals surface area (Å²) in [5, 5.41) is 0. The first-order valence-electron chi connectivity index (χ1n) is 6.79. The van der Waals surface area contributed by atoms with Gasteiger partial charge in [-0.05, 0) is 49.7 Å². The van der Waals surface area contributed by atoms with Gasteiger partial charge in [0, 0.05) is 24.1 Å². The van der Waals surface area contributed by atoms with E-state index in [9.17, 15) is 0 Å². The molecule has 0 aliphatic carbocycles. The van der Waals surface area contributed by atoms with Crippen LogP contribution >= 0.6 is 15.9 Å². The highest BCUT2D eigenvalue weighted by Gasteiger charge is 2.51. The Bertz CT molecular complexity index is 642. The molecule has 0 bridgehead atoms. The van der Waals surface area contributed by atoms with Crippen LogP contribution in [0.5, 0.6) is 0 Å². The Hall–Kier alpha value is -1.18. The number of hydrogen-bond donors (Lipinski definition) is 0. The van der Waals surface area contributed by atoms with Crippen LogP contribution in [0.4, 0.5) is 0 Å². The Morgan fingerprint density at radius 1 is 1.19 bits per heavy atom. The third-order valence-electron chi connectivity index (χ3n) is 4.12. The lowest BCUT2D eigenvalue weighted by molar-refractivity contribution is 0.00578. The standard InChI is InChI=1S/C14H17BBrN3O2/c1-13(2)14(3,4)21-15(20-13)10-7-11(16)12(18-8-10)19-6-5-17-9-19/h5-9H,1-4H3. The second-order valence-electron chi connectivity index (χ2n) is 6.13. The van der Waals surface area contributed by atoms with E-state index in [1.54, 1.807) is 18.7 Å². The highest BCUT2D eigenvalue weighted by atomic mass is 79.9. The van der Waals surface area contributed by atoms with E-state index >= 15 is 0 Å². The Morgan fingerprint density at radius 3 is 2.38 bits per heavy atom. The van der Waals surface area contributed by atoms with Crippen molar-refractivity contribution in [1.82, 2.24) is 14.5 Å². The number of rotatable bonds is 2. The first-order chi connectivity index (χ1) is 9.80. The molecule has 0 radical (unpaired) electrons. The number of nitrogens with zero attached hydrogens (tertiary/aromatic N) is 3. The van der Waals surface area contributed by atoms with E-state index in [-0.39, 0.29) is 11.2 Å². The molecule has 1 aliphatic rings. The lowest BCUT2D eigenvalue weighted by Gasteiger charge is -2.32. The molecule has 1 fully saturated rings. The summed E-state index contributed by atoms with van der Waals surface area (Å²) in [5.41, 5.74) is 0.185. The molecule has 2 aromatic rings. The number of aromatic nitrogens is 3. The molecule has 21 heavy (non-hydrogen) atoms. The van der Waals surface area contributed by atoms with Crippen molar-refractivity contribution in [2.24, 2.45) is 0 Å². The highest BCUT2D eigenvalue weighted by molar-refractivity contribution is 9.10. The maximum atomic E-state index is 6.03. The molecule has 2 aromatic heterocycles. The predicted octanol–water partition coefficient (Wildman–Crippen LogP) is 2.33. The lowest BCUT2D eigenvalue weighted by Crippen LogP contribution is -2.41. The smallest absolute Gasteiger partial charge is 0.399 e. The fourth-order valence-electron chi connectivity index (χ4n) is 2.13. The molecule has 3 rings (SSSR count). The van der Waals surface area contributed by atoms with Gasteiger partial charge in [0.1, 0.15) is 6.33 Å². The van der Waals surface area contributed by atoms with Crippen molar-refractivity contribution >= 4 is 28.5 Å². The van der Waals surface area contributed by atoms with E-state index in [1.807, 2.05) is 44.5 Å². The Kier molecular flexibility index (Phi) is 3.46. The molecule has 1 aliphatic heterocycles. The van der Waals surface area contributed by atoms with E-state index < -0.39 is 7.12 Å². The Morgan fingerprint density at radius 2 is 1.86 bits per heavy atom. The zero-order chi connectivity index (χ0) is 15.3. The van der Waals surface area contributed by atoms with Crippen LogP contribution in [0.2, 0.25) is 0 Å². The second-order valence-corrected chi connectivity index (χ2v) is 6.99. The number of hydrogen-bond acceptors (Lipinski definition) is 4. The minimum absolute atomic E-state index is 0.354. The fourth-order valence-corrected chi connectivity index (χ4v) is 2.70. The third kappa shape index (κ3) is 2.54. The van der Waals surface area contributed by atoms with Crippen LogP contribution in [0.25, 0.3) is 5.82 Å². The zero-order valence-corrected chi connectivity index (χ0v) is 14.1. The molecular formula is C14H17BBrN3O2. The van der Waals surface area contributed by atoms with Crippen LogP contribution in [0, 0.1) is 0 Å². The Balaban J connectivity index is 1.90. The lowest BCUT2D eigenvalue weighted by atomic mass is 9.80. The van der Waals surface area contributed by atoms with Gasteiger partial charge < -0.3 is 9.31 Å². The summed E-state index contributed by atoms with van der Waals surface area (Å²) in [6.45, 7) is 8.15. The van der Waals surface area contributed by atoms with E-state index in [1.165, 1.54) is 0 Å². The number of imidazole rings is 1. The number of pyridine rings is 1. The van der Waals surface area contributed by atoms with Crippen LogP contribution < -0.4 is 5.46 Å². The summed E-state index contributed by atoms with van der Waals surface area (Å²) in [5.74, 6) is 0.785. The fraction of sp³-hybridized carbons (Fsp3) is 0.429. The van der Waals surface area contributed by atoms with Crippen molar-refractivity contribution < 1.29 is 9.31 Å². The average molecular weight is 350 g/mol. The molecule has 0 N–H and O–H groups in total. The molecule has 0 aromatic carbocycles. The summed E-state index contributed by atoms with van der Waals surface area (Å²) >= 11 is 3.55. The van der Waals surface area contributed by atoms with E-state index in [0.29, 0.717) is 0 Å². The van der Waals surface area contributed by atoms with Crippen molar-refractivity contribution in [1.29, 1.82) is 0 Å². The van der Waals surface area contributed by atoms with Gasteiger partial charge in [0.25, 0.3) is 0 Å². The summed E-state index contributed by atoms with van der Waals surface area (Å²) in [6.07, 6.45) is 7.06. The molecule has 110 valence electrons. The summed E-state index contributed by atoms with van der Waals surface area (Å²) in [4.78, 5) is 8.51. The van der Waals surface area contributed by atoms with Crippen LogP contribution in [0.1, 0.15) is 27.7 Å². The van der Waals surface area contributed by atoms with Crippen LogP contribution in [-0.2, 0) is 9.31 Å². The molecule has 0 saturated carbocycles. The SMILES string of the molecule is CC1(C)OB(c2cnc(-n3ccnc3)c(Br)c2)OC1(C)C. The van der Waals surface area contributed by atoms with Gasteiger partial charge in [0.2, 0.25) is 0 Å². The van der Waals surface area contributed by atoms with Gasteiger partial charge in [0.05, 0.1) is 15.7 Å². The van der Waals surface area contributed by atoms with Crippen molar-refractivity contribution in [3.8, 4) is 5.82 Å². The quantitative estimate of drug-likeness (QED) is 0.781. The molecule has 0 spiro atoms. The molecular weight excluding hydrogens is 333 g/mol. The van der Waals surface area contributed by atoms with Crippen molar-refractivity contribution in [2.75, 3.05) is 0 Å². The largest absolute Gasteiger partial charge is 0.496 e. The monoisotopic (exact) mass is 349 g/mol. The van der Waals surface area contributed by atoms with Gasteiger partial charge in [-0.1, -0.05) is 0 Å². The van der Waals surface area contributed by atoms with Crippen LogP contribution in [0.3, 0.4) is 0 Å². The molecule has 0 atom stereocenters. The maximum absolute atomic E-state index is 6.03. The maximum Gasteiger partial charge on any atom is 0.496 e. The highest BCUT2D eigenvalue weighted by Crippen LogP contribution is 2.36. The van der Waals surface area contributed by atoms with Crippen molar-refractivity contribution in [3.63, 3.8) is 0 Å². The van der Waals surface area contributed by atoms with E-state index in [2.05, 4.69) is 25.9 Å². The van der Waals surface area contributed by atoms with Crippen LogP contribution in [-0.4, -0.2) is 32.9 Å². The topological polar surface area (TPSA) is 49.2 Å². The van der Waals surface area contributed by atoms with E-state index in [4.69, 9.17) is 9.31 Å². The normalized spacial score (nSPS) is 20.0. The average Bonchev–Trinajstić information content (AvgIpc) is 2.96. The predicted molar refractivity (Wildman–Crippen MR) is 84.8 cm³/mol.